The lowest BCUT2D eigenvalue weighted by Gasteiger charge is -2.32. The van der Waals surface area contributed by atoms with Gasteiger partial charge in [0.2, 0.25) is 5.91 Å². The molecule has 1 aliphatic heterocycles. The predicted octanol–water partition coefficient (Wildman–Crippen LogP) is 1.79. The lowest BCUT2D eigenvalue weighted by Crippen LogP contribution is -2.50. The first-order valence-electron chi connectivity index (χ1n) is 8.37. The summed E-state index contributed by atoms with van der Waals surface area (Å²) in [6, 6.07) is 7.14. The Morgan fingerprint density at radius 1 is 1.35 bits per heavy atom. The van der Waals surface area contributed by atoms with Crippen LogP contribution in [0.3, 0.4) is 0 Å². The molecule has 3 N–H and O–H groups in total. The van der Waals surface area contributed by atoms with E-state index in [-0.39, 0.29) is 29.7 Å². The van der Waals surface area contributed by atoms with Crippen molar-refractivity contribution in [1.82, 2.24) is 25.4 Å². The van der Waals surface area contributed by atoms with Crippen LogP contribution in [-0.2, 0) is 11.8 Å². The number of carbonyl (C=O) groups excluding carboxylic acids is 2. The molecular weight excluding hydrogens is 337 g/mol. The van der Waals surface area contributed by atoms with E-state index in [2.05, 4.69) is 20.7 Å². The Kier molecular flexibility index (Phi) is 3.95. The zero-order chi connectivity index (χ0) is 18.3. The largest absolute Gasteiger partial charge is 0.351 e. The van der Waals surface area contributed by atoms with Crippen molar-refractivity contribution in [2.75, 3.05) is 0 Å². The van der Waals surface area contributed by atoms with E-state index in [0.29, 0.717) is 29.4 Å². The van der Waals surface area contributed by atoms with Crippen molar-refractivity contribution in [3.05, 3.63) is 53.7 Å². The zero-order valence-electron chi connectivity index (χ0n) is 14.1. The van der Waals surface area contributed by atoms with Gasteiger partial charge in [0.1, 0.15) is 11.5 Å². The number of aromatic amines is 1. The zero-order valence-corrected chi connectivity index (χ0v) is 14.1. The van der Waals surface area contributed by atoms with E-state index < -0.39 is 0 Å². The number of piperidine rings is 1. The topological polar surface area (TPSA) is 91.8 Å². The number of aryl methyl sites for hydroxylation is 1. The molecule has 1 aromatic carbocycles. The molecule has 3 aromatic rings. The van der Waals surface area contributed by atoms with Gasteiger partial charge in [-0.1, -0.05) is 0 Å². The third-order valence-electron chi connectivity index (χ3n) is 4.72. The van der Waals surface area contributed by atoms with Crippen LogP contribution in [0.4, 0.5) is 4.39 Å². The Morgan fingerprint density at radius 3 is 2.96 bits per heavy atom. The molecule has 0 spiro atoms. The van der Waals surface area contributed by atoms with Crippen molar-refractivity contribution in [2.45, 2.75) is 24.9 Å². The van der Waals surface area contributed by atoms with Gasteiger partial charge in [0, 0.05) is 30.6 Å². The van der Waals surface area contributed by atoms with Crippen LogP contribution in [0.25, 0.3) is 10.9 Å². The summed E-state index contributed by atoms with van der Waals surface area (Å²) < 4.78 is 15.0. The Morgan fingerprint density at radius 2 is 2.19 bits per heavy atom. The minimum atomic E-state index is -0.352. The van der Waals surface area contributed by atoms with Gasteiger partial charge in [-0.2, -0.15) is 5.10 Å². The fraction of sp³-hybridized carbons (Fsp3) is 0.278. The Bertz CT molecular complexity index is 993. The summed E-state index contributed by atoms with van der Waals surface area (Å²) in [5.74, 6) is -0.701. The van der Waals surface area contributed by atoms with Crippen molar-refractivity contribution in [1.29, 1.82) is 0 Å². The fourth-order valence-corrected chi connectivity index (χ4v) is 3.40. The number of fused-ring (bicyclic) bond motifs is 1. The molecule has 0 unspecified atom stereocenters. The molecule has 7 nitrogen and oxygen atoms in total. The van der Waals surface area contributed by atoms with Crippen LogP contribution in [0.5, 0.6) is 0 Å². The molecule has 3 heterocycles. The van der Waals surface area contributed by atoms with Gasteiger partial charge in [-0.3, -0.25) is 14.3 Å². The van der Waals surface area contributed by atoms with Gasteiger partial charge < -0.3 is 15.6 Å². The Balaban J connectivity index is 1.58. The second-order valence-corrected chi connectivity index (χ2v) is 6.46. The van der Waals surface area contributed by atoms with Crippen LogP contribution < -0.4 is 10.6 Å². The number of hydrogen-bond acceptors (Lipinski definition) is 3. The maximum absolute atomic E-state index is 13.3. The number of halogens is 1. The summed E-state index contributed by atoms with van der Waals surface area (Å²) in [7, 11) is 1.79. The van der Waals surface area contributed by atoms with E-state index in [1.54, 1.807) is 30.1 Å². The maximum atomic E-state index is 13.3. The average Bonchev–Trinajstić information content (AvgIpc) is 3.22. The fourth-order valence-electron chi connectivity index (χ4n) is 3.40. The number of nitrogens with one attached hydrogen (secondary N) is 3. The highest BCUT2D eigenvalue weighted by molar-refractivity contribution is 5.98. The van der Waals surface area contributed by atoms with Crippen molar-refractivity contribution in [3.63, 3.8) is 0 Å². The smallest absolute Gasteiger partial charge is 0.268 e. The first kappa shape index (κ1) is 16.3. The van der Waals surface area contributed by atoms with Crippen LogP contribution in [0.2, 0.25) is 0 Å². The molecule has 4 rings (SSSR count). The molecule has 26 heavy (non-hydrogen) atoms. The number of H-pyrrole nitrogens is 1. The number of amides is 2. The molecule has 1 saturated heterocycles. The van der Waals surface area contributed by atoms with E-state index in [4.69, 9.17) is 0 Å². The van der Waals surface area contributed by atoms with Crippen LogP contribution in [0.15, 0.2) is 36.5 Å². The maximum Gasteiger partial charge on any atom is 0.268 e. The van der Waals surface area contributed by atoms with E-state index >= 15 is 0 Å². The normalized spacial score (nSPS) is 20.2. The van der Waals surface area contributed by atoms with E-state index in [1.165, 1.54) is 12.1 Å². The van der Waals surface area contributed by atoms with Gasteiger partial charge >= 0.3 is 0 Å². The molecule has 2 amide bonds. The number of carbonyl (C=O) groups is 2. The van der Waals surface area contributed by atoms with Crippen LogP contribution in [0, 0.1) is 5.82 Å². The Labute approximate surface area is 148 Å². The van der Waals surface area contributed by atoms with Crippen molar-refractivity contribution >= 4 is 22.7 Å². The molecule has 0 radical (unpaired) electrons. The molecule has 134 valence electrons. The van der Waals surface area contributed by atoms with E-state index in [0.717, 1.165) is 5.69 Å². The first-order valence-corrected chi connectivity index (χ1v) is 8.37. The first-order chi connectivity index (χ1) is 12.5. The van der Waals surface area contributed by atoms with Gasteiger partial charge in [0.05, 0.1) is 17.8 Å². The van der Waals surface area contributed by atoms with Gasteiger partial charge in [-0.05, 0) is 36.8 Å². The molecule has 8 heteroatoms. The monoisotopic (exact) mass is 355 g/mol. The minimum absolute atomic E-state index is 0.0530. The average molecular weight is 355 g/mol. The minimum Gasteiger partial charge on any atom is -0.351 e. The lowest BCUT2D eigenvalue weighted by molar-refractivity contribution is -0.123. The number of nitrogens with zero attached hydrogens (tertiary/aromatic N) is 2. The third kappa shape index (κ3) is 2.94. The SMILES string of the molecule is Cn1nccc1[C@@H]1NC(=O)CC[C@H]1NC(=O)c1cc2cc(F)ccc2[nH]1. The lowest BCUT2D eigenvalue weighted by atomic mass is 9.95. The highest BCUT2D eigenvalue weighted by atomic mass is 19.1. The predicted molar refractivity (Wildman–Crippen MR) is 92.8 cm³/mol. The van der Waals surface area contributed by atoms with Crippen molar-refractivity contribution in [3.8, 4) is 0 Å². The van der Waals surface area contributed by atoms with Gasteiger partial charge in [0.15, 0.2) is 0 Å². The molecule has 0 bridgehead atoms. The number of benzene rings is 1. The molecule has 1 aliphatic rings. The van der Waals surface area contributed by atoms with Crippen LogP contribution in [0.1, 0.15) is 35.1 Å². The molecule has 1 fully saturated rings. The molecule has 0 saturated carbocycles. The molecule has 2 aromatic heterocycles. The van der Waals surface area contributed by atoms with Crippen molar-refractivity contribution < 1.29 is 14.0 Å². The van der Waals surface area contributed by atoms with Crippen molar-refractivity contribution in [2.24, 2.45) is 7.05 Å². The number of hydrogen-bond donors (Lipinski definition) is 3. The summed E-state index contributed by atoms with van der Waals surface area (Å²) in [5.41, 5.74) is 1.87. The van der Waals surface area contributed by atoms with Gasteiger partial charge in [-0.15, -0.1) is 0 Å². The highest BCUT2D eigenvalue weighted by Crippen LogP contribution is 2.24. The summed E-state index contributed by atoms with van der Waals surface area (Å²) in [6.45, 7) is 0. The summed E-state index contributed by atoms with van der Waals surface area (Å²) in [6.07, 6.45) is 2.53. The highest BCUT2D eigenvalue weighted by Gasteiger charge is 2.33. The Hall–Kier alpha value is -3.16. The second kappa shape index (κ2) is 6.29. The quantitative estimate of drug-likeness (QED) is 0.669. The number of rotatable bonds is 3. The standard InChI is InChI=1S/C18H18FN5O2/c1-24-15(6-7-20-24)17-13(4-5-16(25)23-17)22-18(26)14-9-10-8-11(19)2-3-12(10)21-14/h2-3,6-9,13,17,21H,4-5H2,1H3,(H,22,26)(H,23,25)/t13-,17-/m1/s1. The van der Waals surface area contributed by atoms with E-state index in [1.807, 2.05) is 6.07 Å². The van der Waals surface area contributed by atoms with E-state index in [9.17, 15) is 14.0 Å². The number of aromatic nitrogens is 3. The van der Waals surface area contributed by atoms with Gasteiger partial charge in [-0.25, -0.2) is 4.39 Å². The van der Waals surface area contributed by atoms with Crippen LogP contribution >= 0.6 is 0 Å². The van der Waals surface area contributed by atoms with Gasteiger partial charge in [0.25, 0.3) is 5.91 Å². The van der Waals surface area contributed by atoms with Crippen LogP contribution in [-0.4, -0.2) is 32.6 Å². The molecule has 0 aliphatic carbocycles. The second-order valence-electron chi connectivity index (χ2n) is 6.46. The summed E-state index contributed by atoms with van der Waals surface area (Å²) in [4.78, 5) is 27.5. The molecular formula is C18H18FN5O2. The summed E-state index contributed by atoms with van der Waals surface area (Å²) in [5, 5.41) is 10.7. The summed E-state index contributed by atoms with van der Waals surface area (Å²) >= 11 is 0. The molecule has 2 atom stereocenters. The third-order valence-corrected chi connectivity index (χ3v) is 4.72.